The lowest BCUT2D eigenvalue weighted by atomic mass is 10.3. The van der Waals surface area contributed by atoms with Crippen molar-refractivity contribution >= 4 is 28.8 Å². The lowest BCUT2D eigenvalue weighted by Crippen LogP contribution is -2.11. The maximum atomic E-state index is 11.6. The van der Waals surface area contributed by atoms with E-state index in [0.29, 0.717) is 13.2 Å². The summed E-state index contributed by atoms with van der Waals surface area (Å²) in [6.07, 6.45) is 2.59. The van der Waals surface area contributed by atoms with Gasteiger partial charge in [0.15, 0.2) is 5.16 Å². The average molecular weight is 274 g/mol. The average Bonchev–Trinajstić information content (AvgIpc) is 2.96. The van der Waals surface area contributed by atoms with Crippen LogP contribution in [-0.2, 0) is 16.1 Å². The minimum Gasteiger partial charge on any atom is -0.465 e. The third-order valence-corrected chi connectivity index (χ3v) is 4.30. The largest absolute Gasteiger partial charge is 0.465 e. The van der Waals surface area contributed by atoms with Crippen LogP contribution in [0.5, 0.6) is 0 Å². The fourth-order valence-corrected chi connectivity index (χ4v) is 3.24. The van der Waals surface area contributed by atoms with Gasteiger partial charge in [-0.05, 0) is 12.1 Å². The number of ether oxygens (including phenoxy) is 1. The maximum Gasteiger partial charge on any atom is 0.319 e. The number of hydrogen-bond donors (Lipinski definition) is 0. The van der Waals surface area contributed by atoms with Gasteiger partial charge in [0, 0.05) is 13.0 Å². The molecule has 1 aromatic heterocycles. The molecular weight excluding hydrogens is 260 g/mol. The second-order valence-electron chi connectivity index (χ2n) is 4.35. The number of esters is 1. The van der Waals surface area contributed by atoms with E-state index < -0.39 is 0 Å². The van der Waals surface area contributed by atoms with Gasteiger partial charge in [-0.1, -0.05) is 30.0 Å². The highest BCUT2D eigenvalue weighted by Crippen LogP contribution is 2.31. The molecule has 0 amide bonds. The fourth-order valence-electron chi connectivity index (χ4n) is 2.16. The predicted octanol–water partition coefficient (Wildman–Crippen LogP) is 2.63. The molecule has 1 aliphatic rings. The molecular formula is C14H14N2O2S. The van der Waals surface area contributed by atoms with Crippen LogP contribution in [0.15, 0.2) is 42.1 Å². The summed E-state index contributed by atoms with van der Waals surface area (Å²) in [7, 11) is 0. The molecule has 1 aliphatic heterocycles. The Morgan fingerprint density at radius 2 is 2.37 bits per heavy atom. The Morgan fingerprint density at radius 3 is 3.11 bits per heavy atom. The summed E-state index contributed by atoms with van der Waals surface area (Å²) in [5.41, 5.74) is 2.01. The van der Waals surface area contributed by atoms with E-state index in [1.165, 1.54) is 11.8 Å². The smallest absolute Gasteiger partial charge is 0.319 e. The number of cyclic esters (lactones) is 1. The quantitative estimate of drug-likeness (QED) is 0.635. The number of nitrogens with zero attached hydrogens (tertiary/aromatic N) is 2. The van der Waals surface area contributed by atoms with Crippen LogP contribution in [0, 0.1) is 0 Å². The van der Waals surface area contributed by atoms with Crippen molar-refractivity contribution in [2.24, 2.45) is 0 Å². The Kier molecular flexibility index (Phi) is 3.29. The number of imidazole rings is 1. The number of fused-ring (bicyclic) bond motifs is 1. The summed E-state index contributed by atoms with van der Waals surface area (Å²) in [5, 5.41) is 0.713. The molecule has 0 aliphatic carbocycles. The lowest BCUT2D eigenvalue weighted by Gasteiger charge is -2.07. The summed E-state index contributed by atoms with van der Waals surface area (Å²) in [4.78, 5) is 16.2. The number of thioether (sulfide) groups is 1. The van der Waals surface area contributed by atoms with E-state index in [9.17, 15) is 4.79 Å². The van der Waals surface area contributed by atoms with Gasteiger partial charge in [0.05, 0.1) is 17.6 Å². The number of aromatic nitrogens is 2. The van der Waals surface area contributed by atoms with Gasteiger partial charge in [-0.2, -0.15) is 0 Å². The summed E-state index contributed by atoms with van der Waals surface area (Å²) < 4.78 is 7.08. The Bertz CT molecular complexity index is 635. The normalized spacial score (nSPS) is 18.7. The molecule has 4 nitrogen and oxygen atoms in total. The number of carbonyl (C=O) groups is 1. The van der Waals surface area contributed by atoms with E-state index in [1.807, 2.05) is 30.3 Å². The van der Waals surface area contributed by atoms with E-state index in [1.54, 1.807) is 0 Å². The predicted molar refractivity (Wildman–Crippen MR) is 75.2 cm³/mol. The number of rotatable bonds is 4. The summed E-state index contributed by atoms with van der Waals surface area (Å²) in [5.74, 6) is -0.137. The molecule has 5 heteroatoms. The first kappa shape index (κ1) is 12.3. The van der Waals surface area contributed by atoms with Crippen LogP contribution in [0.25, 0.3) is 11.0 Å². The van der Waals surface area contributed by atoms with Gasteiger partial charge in [0.2, 0.25) is 0 Å². The van der Waals surface area contributed by atoms with Crippen LogP contribution < -0.4 is 0 Å². The zero-order chi connectivity index (χ0) is 13.2. The van der Waals surface area contributed by atoms with Crippen LogP contribution >= 0.6 is 11.8 Å². The van der Waals surface area contributed by atoms with Gasteiger partial charge in [-0.15, -0.1) is 6.58 Å². The van der Waals surface area contributed by atoms with Crippen molar-refractivity contribution < 1.29 is 9.53 Å². The topological polar surface area (TPSA) is 44.1 Å². The molecule has 0 radical (unpaired) electrons. The van der Waals surface area contributed by atoms with Crippen molar-refractivity contribution in [3.8, 4) is 0 Å². The van der Waals surface area contributed by atoms with Gasteiger partial charge in [0.25, 0.3) is 0 Å². The SMILES string of the molecule is C=CCn1c(S[C@H]2CCOC2=O)nc2ccccc21. The van der Waals surface area contributed by atoms with Gasteiger partial charge in [-0.25, -0.2) is 4.98 Å². The van der Waals surface area contributed by atoms with E-state index in [0.717, 1.165) is 22.6 Å². The first-order valence-corrected chi connectivity index (χ1v) is 7.07. The van der Waals surface area contributed by atoms with Crippen molar-refractivity contribution in [1.82, 2.24) is 9.55 Å². The standard InChI is InChI=1S/C14H14N2O2S/c1-2-8-16-11-6-4-3-5-10(11)15-14(16)19-12-7-9-18-13(12)17/h2-6,12H,1,7-9H2/t12-/m0/s1. The molecule has 1 aromatic carbocycles. The molecule has 2 heterocycles. The first-order chi connectivity index (χ1) is 9.29. The monoisotopic (exact) mass is 274 g/mol. The van der Waals surface area contributed by atoms with E-state index in [-0.39, 0.29) is 11.2 Å². The highest BCUT2D eigenvalue weighted by atomic mass is 32.2. The summed E-state index contributed by atoms with van der Waals surface area (Å²) in [6, 6.07) is 7.96. The number of para-hydroxylation sites is 2. The molecule has 0 spiro atoms. The van der Waals surface area contributed by atoms with Crippen molar-refractivity contribution in [2.45, 2.75) is 23.4 Å². The second-order valence-corrected chi connectivity index (χ2v) is 5.51. The molecule has 2 aromatic rings. The maximum absolute atomic E-state index is 11.6. The van der Waals surface area contributed by atoms with Crippen LogP contribution in [0.1, 0.15) is 6.42 Å². The van der Waals surface area contributed by atoms with Gasteiger partial charge >= 0.3 is 5.97 Å². The molecule has 19 heavy (non-hydrogen) atoms. The molecule has 0 N–H and O–H groups in total. The number of hydrogen-bond acceptors (Lipinski definition) is 4. The number of allylic oxidation sites excluding steroid dienone is 1. The Labute approximate surface area is 115 Å². The van der Waals surface area contributed by atoms with E-state index >= 15 is 0 Å². The zero-order valence-electron chi connectivity index (χ0n) is 10.4. The van der Waals surface area contributed by atoms with Crippen molar-refractivity contribution in [2.75, 3.05) is 6.61 Å². The molecule has 0 unspecified atom stereocenters. The molecule has 1 atom stereocenters. The van der Waals surface area contributed by atoms with Crippen molar-refractivity contribution in [1.29, 1.82) is 0 Å². The third-order valence-electron chi connectivity index (χ3n) is 3.07. The summed E-state index contributed by atoms with van der Waals surface area (Å²) in [6.45, 7) is 4.98. The molecule has 0 bridgehead atoms. The summed E-state index contributed by atoms with van der Waals surface area (Å²) >= 11 is 1.48. The minimum absolute atomic E-state index is 0.137. The first-order valence-electron chi connectivity index (χ1n) is 6.19. The number of benzene rings is 1. The van der Waals surface area contributed by atoms with Gasteiger partial charge < -0.3 is 9.30 Å². The van der Waals surface area contributed by atoms with E-state index in [4.69, 9.17) is 4.74 Å². The van der Waals surface area contributed by atoms with Crippen molar-refractivity contribution in [3.63, 3.8) is 0 Å². The molecule has 1 saturated heterocycles. The molecule has 0 saturated carbocycles. The molecule has 98 valence electrons. The second kappa shape index (κ2) is 5.09. The highest BCUT2D eigenvalue weighted by Gasteiger charge is 2.29. The highest BCUT2D eigenvalue weighted by molar-refractivity contribution is 8.00. The van der Waals surface area contributed by atoms with Crippen LogP contribution in [0.3, 0.4) is 0 Å². The van der Waals surface area contributed by atoms with Crippen LogP contribution in [0.2, 0.25) is 0 Å². The van der Waals surface area contributed by atoms with Gasteiger partial charge in [-0.3, -0.25) is 4.79 Å². The molecule has 1 fully saturated rings. The zero-order valence-corrected chi connectivity index (χ0v) is 11.2. The Balaban J connectivity index is 1.99. The lowest BCUT2D eigenvalue weighted by molar-refractivity contribution is -0.137. The fraction of sp³-hybridized carbons (Fsp3) is 0.286. The van der Waals surface area contributed by atoms with Crippen LogP contribution in [-0.4, -0.2) is 27.4 Å². The van der Waals surface area contributed by atoms with Gasteiger partial charge in [0.1, 0.15) is 5.25 Å². The van der Waals surface area contributed by atoms with Crippen LogP contribution in [0.4, 0.5) is 0 Å². The minimum atomic E-state index is -0.139. The Hall–Kier alpha value is -1.75. The molecule has 3 rings (SSSR count). The third kappa shape index (κ3) is 2.26. The number of carbonyl (C=O) groups excluding carboxylic acids is 1. The Morgan fingerprint density at radius 1 is 1.53 bits per heavy atom. The van der Waals surface area contributed by atoms with Crippen molar-refractivity contribution in [3.05, 3.63) is 36.9 Å². The van der Waals surface area contributed by atoms with E-state index in [2.05, 4.69) is 16.1 Å².